The predicted octanol–water partition coefficient (Wildman–Crippen LogP) is 1.77. The lowest BCUT2D eigenvalue weighted by Gasteiger charge is -2.26. The first-order valence-electron chi connectivity index (χ1n) is 6.39. The molecule has 0 spiro atoms. The van der Waals surface area contributed by atoms with Gasteiger partial charge in [-0.05, 0) is 18.6 Å². The smallest absolute Gasteiger partial charge is 0.143 e. The zero-order valence-electron chi connectivity index (χ0n) is 12.0. The Hall–Kier alpha value is -1.46. The van der Waals surface area contributed by atoms with E-state index in [4.69, 9.17) is 19.9 Å². The number of nitrogen functional groups attached to an aromatic ring is 1. The van der Waals surface area contributed by atoms with Crippen molar-refractivity contribution in [1.29, 1.82) is 0 Å². The van der Waals surface area contributed by atoms with Gasteiger partial charge in [0.15, 0.2) is 0 Å². The van der Waals surface area contributed by atoms with Crippen LogP contribution in [0.4, 0.5) is 11.4 Å². The first-order chi connectivity index (χ1) is 9.24. The van der Waals surface area contributed by atoms with Crippen LogP contribution in [0.1, 0.15) is 6.42 Å². The van der Waals surface area contributed by atoms with Gasteiger partial charge in [-0.2, -0.15) is 0 Å². The van der Waals surface area contributed by atoms with Crippen molar-refractivity contribution < 1.29 is 14.2 Å². The summed E-state index contributed by atoms with van der Waals surface area (Å²) in [6, 6.07) is 5.81. The molecular weight excluding hydrogens is 244 g/mol. The zero-order chi connectivity index (χ0) is 14.1. The number of nitrogens with two attached hydrogens (primary N) is 1. The lowest BCUT2D eigenvalue weighted by atomic mass is 10.2. The summed E-state index contributed by atoms with van der Waals surface area (Å²) in [5.74, 6) is 0.701. The molecular formula is C14H24N2O3. The number of hydrogen-bond acceptors (Lipinski definition) is 5. The summed E-state index contributed by atoms with van der Waals surface area (Å²) >= 11 is 0. The molecule has 5 heteroatoms. The second-order valence-electron chi connectivity index (χ2n) is 4.22. The summed E-state index contributed by atoms with van der Waals surface area (Å²) in [7, 11) is 5.03. The highest BCUT2D eigenvalue weighted by molar-refractivity contribution is 5.74. The summed E-state index contributed by atoms with van der Waals surface area (Å²) in [6.45, 7) is 3.04. The van der Waals surface area contributed by atoms with E-state index < -0.39 is 0 Å². The van der Waals surface area contributed by atoms with E-state index in [9.17, 15) is 0 Å². The Balaban J connectivity index is 2.82. The standard InChI is InChI=1S/C14H24N2O3/c1-17-10-5-8-16(9-11-18-2)12-6-4-7-13(19-3)14(12)15/h4,6-7H,5,8-11,15H2,1-3H3. The molecule has 0 bridgehead atoms. The van der Waals surface area contributed by atoms with Gasteiger partial charge in [-0.25, -0.2) is 0 Å². The third-order valence-electron chi connectivity index (χ3n) is 2.95. The second kappa shape index (κ2) is 8.61. The van der Waals surface area contributed by atoms with E-state index in [-0.39, 0.29) is 0 Å². The Morgan fingerprint density at radius 1 is 1.05 bits per heavy atom. The van der Waals surface area contributed by atoms with Crippen LogP contribution in [0.15, 0.2) is 18.2 Å². The number of methoxy groups -OCH3 is 3. The number of anilines is 2. The molecule has 2 N–H and O–H groups in total. The van der Waals surface area contributed by atoms with Gasteiger partial charge in [0.05, 0.1) is 25.1 Å². The van der Waals surface area contributed by atoms with E-state index in [1.54, 1.807) is 21.3 Å². The van der Waals surface area contributed by atoms with Crippen LogP contribution in [0.5, 0.6) is 5.75 Å². The molecule has 1 aromatic carbocycles. The zero-order valence-corrected chi connectivity index (χ0v) is 12.0. The molecule has 108 valence electrons. The van der Waals surface area contributed by atoms with Gasteiger partial charge in [0.2, 0.25) is 0 Å². The topological polar surface area (TPSA) is 57.0 Å². The molecule has 5 nitrogen and oxygen atoms in total. The average Bonchev–Trinajstić information content (AvgIpc) is 2.43. The molecule has 1 rings (SSSR count). The lowest BCUT2D eigenvalue weighted by Crippen LogP contribution is -2.29. The second-order valence-corrected chi connectivity index (χ2v) is 4.22. The fraction of sp³-hybridized carbons (Fsp3) is 0.571. The molecule has 0 unspecified atom stereocenters. The molecule has 0 fully saturated rings. The normalized spacial score (nSPS) is 10.5. The first kappa shape index (κ1) is 15.6. The lowest BCUT2D eigenvalue weighted by molar-refractivity contribution is 0.191. The number of para-hydroxylation sites is 1. The molecule has 0 aliphatic carbocycles. The number of nitrogens with zero attached hydrogens (tertiary/aromatic N) is 1. The van der Waals surface area contributed by atoms with Crippen molar-refractivity contribution >= 4 is 11.4 Å². The molecule has 19 heavy (non-hydrogen) atoms. The predicted molar refractivity (Wildman–Crippen MR) is 78.0 cm³/mol. The fourth-order valence-corrected chi connectivity index (χ4v) is 1.94. The minimum absolute atomic E-state index is 0.656. The molecule has 0 amide bonds. The summed E-state index contributed by atoms with van der Waals surface area (Å²) in [6.07, 6.45) is 0.941. The minimum Gasteiger partial charge on any atom is -0.495 e. The van der Waals surface area contributed by atoms with Crippen LogP contribution in [0.2, 0.25) is 0 Å². The summed E-state index contributed by atoms with van der Waals surface area (Å²) in [4.78, 5) is 2.19. The van der Waals surface area contributed by atoms with Crippen molar-refractivity contribution in [2.75, 3.05) is 58.3 Å². The molecule has 1 aromatic rings. The highest BCUT2D eigenvalue weighted by Gasteiger charge is 2.12. The first-order valence-corrected chi connectivity index (χ1v) is 6.39. The van der Waals surface area contributed by atoms with Gasteiger partial charge in [0, 0.05) is 33.9 Å². The van der Waals surface area contributed by atoms with E-state index in [0.29, 0.717) is 18.0 Å². The molecule has 0 heterocycles. The maximum Gasteiger partial charge on any atom is 0.143 e. The maximum atomic E-state index is 6.13. The summed E-state index contributed by atoms with van der Waals surface area (Å²) in [5, 5.41) is 0. The van der Waals surface area contributed by atoms with Crippen molar-refractivity contribution in [3.8, 4) is 5.75 Å². The van der Waals surface area contributed by atoms with Crippen molar-refractivity contribution in [1.82, 2.24) is 0 Å². The maximum absolute atomic E-state index is 6.13. The number of benzene rings is 1. The number of hydrogen-bond donors (Lipinski definition) is 1. The third-order valence-corrected chi connectivity index (χ3v) is 2.95. The van der Waals surface area contributed by atoms with E-state index >= 15 is 0 Å². The van der Waals surface area contributed by atoms with Crippen LogP contribution in [-0.4, -0.2) is 47.6 Å². The van der Waals surface area contributed by atoms with Crippen LogP contribution in [0.25, 0.3) is 0 Å². The van der Waals surface area contributed by atoms with Crippen molar-refractivity contribution in [2.45, 2.75) is 6.42 Å². The Kier molecular flexibility index (Phi) is 7.07. The van der Waals surface area contributed by atoms with Crippen LogP contribution in [-0.2, 0) is 9.47 Å². The monoisotopic (exact) mass is 268 g/mol. The van der Waals surface area contributed by atoms with Gasteiger partial charge in [-0.1, -0.05) is 6.07 Å². The van der Waals surface area contributed by atoms with E-state index in [0.717, 1.165) is 31.8 Å². The fourth-order valence-electron chi connectivity index (χ4n) is 1.94. The molecule has 0 radical (unpaired) electrons. The largest absolute Gasteiger partial charge is 0.495 e. The van der Waals surface area contributed by atoms with E-state index in [1.807, 2.05) is 18.2 Å². The molecule has 0 saturated heterocycles. The minimum atomic E-state index is 0.656. The van der Waals surface area contributed by atoms with Gasteiger partial charge in [-0.3, -0.25) is 0 Å². The van der Waals surface area contributed by atoms with Crippen molar-refractivity contribution in [3.05, 3.63) is 18.2 Å². The van der Waals surface area contributed by atoms with E-state index in [1.165, 1.54) is 0 Å². The van der Waals surface area contributed by atoms with Crippen LogP contribution in [0, 0.1) is 0 Å². The van der Waals surface area contributed by atoms with Gasteiger partial charge < -0.3 is 24.8 Å². The Morgan fingerprint density at radius 3 is 2.42 bits per heavy atom. The Labute approximate surface area is 115 Å². The summed E-state index contributed by atoms with van der Waals surface area (Å²) < 4.78 is 15.5. The number of ether oxygens (including phenoxy) is 3. The molecule has 0 aliphatic rings. The van der Waals surface area contributed by atoms with E-state index in [2.05, 4.69) is 4.90 Å². The number of rotatable bonds is 9. The van der Waals surface area contributed by atoms with Gasteiger partial charge in [0.25, 0.3) is 0 Å². The van der Waals surface area contributed by atoms with Gasteiger partial charge in [0.1, 0.15) is 5.75 Å². The summed E-state index contributed by atoms with van der Waals surface area (Å²) in [5.41, 5.74) is 7.78. The van der Waals surface area contributed by atoms with Crippen molar-refractivity contribution in [3.63, 3.8) is 0 Å². The molecule has 0 aliphatic heterocycles. The highest BCUT2D eigenvalue weighted by atomic mass is 16.5. The van der Waals surface area contributed by atoms with Crippen LogP contribution < -0.4 is 15.4 Å². The highest BCUT2D eigenvalue weighted by Crippen LogP contribution is 2.31. The van der Waals surface area contributed by atoms with Crippen LogP contribution in [0.3, 0.4) is 0 Å². The third kappa shape index (κ3) is 4.61. The quantitative estimate of drug-likeness (QED) is 0.546. The van der Waals surface area contributed by atoms with Gasteiger partial charge >= 0.3 is 0 Å². The van der Waals surface area contributed by atoms with Crippen molar-refractivity contribution in [2.24, 2.45) is 0 Å². The average molecular weight is 268 g/mol. The van der Waals surface area contributed by atoms with Crippen LogP contribution >= 0.6 is 0 Å². The van der Waals surface area contributed by atoms with Gasteiger partial charge in [-0.15, -0.1) is 0 Å². The Morgan fingerprint density at radius 2 is 1.79 bits per heavy atom. The molecule has 0 saturated carbocycles. The Bertz CT molecular complexity index is 372. The SMILES string of the molecule is COCCCN(CCOC)c1cccc(OC)c1N. The molecule has 0 aromatic heterocycles. The molecule has 0 atom stereocenters.